The largest absolute Gasteiger partial charge is 0.497 e. The second-order valence-electron chi connectivity index (χ2n) is 7.77. The van der Waals surface area contributed by atoms with E-state index in [-0.39, 0.29) is 17.9 Å². The first-order valence-corrected chi connectivity index (χ1v) is 10.7. The van der Waals surface area contributed by atoms with Crippen molar-refractivity contribution in [1.82, 2.24) is 20.2 Å². The number of carbonyl (C=O) groups is 2. The Hall–Kier alpha value is -3.74. The number of hydrogen-bond donors (Lipinski definition) is 1. The van der Waals surface area contributed by atoms with Crippen LogP contribution in [0, 0.1) is 6.92 Å². The first kappa shape index (κ1) is 21.5. The van der Waals surface area contributed by atoms with Gasteiger partial charge in [-0.3, -0.25) is 9.59 Å². The fourth-order valence-corrected chi connectivity index (χ4v) is 3.98. The fourth-order valence-electron chi connectivity index (χ4n) is 3.98. The van der Waals surface area contributed by atoms with E-state index in [1.807, 2.05) is 59.5 Å². The molecule has 164 valence electrons. The van der Waals surface area contributed by atoms with Crippen molar-refractivity contribution < 1.29 is 14.3 Å². The smallest absolute Gasteiger partial charge is 0.255 e. The molecule has 7 nitrogen and oxygen atoms in total. The highest BCUT2D eigenvalue weighted by Crippen LogP contribution is 2.34. The van der Waals surface area contributed by atoms with Crippen molar-refractivity contribution in [3.05, 3.63) is 89.0 Å². The predicted octanol–water partition coefficient (Wildman–Crippen LogP) is 3.70. The summed E-state index contributed by atoms with van der Waals surface area (Å²) in [6.07, 6.45) is 3.18. The lowest BCUT2D eigenvalue weighted by atomic mass is 10.0. The molecule has 2 aromatic carbocycles. The number of aromatic nitrogens is 2. The lowest BCUT2D eigenvalue weighted by Gasteiger charge is -2.26. The molecular weight excluding hydrogens is 404 g/mol. The summed E-state index contributed by atoms with van der Waals surface area (Å²) in [6.45, 7) is 2.79. The third-order valence-electron chi connectivity index (χ3n) is 5.65. The topological polar surface area (TPSA) is 84.4 Å². The van der Waals surface area contributed by atoms with Crippen LogP contribution >= 0.6 is 0 Å². The van der Waals surface area contributed by atoms with E-state index >= 15 is 0 Å². The standard InChI is InChI=1S/C25H26N4O3/c1-17-26-16-21(24(30)27-15-18-10-12-20(32-2)13-11-18)23(28-17)22-9-6-14-29(22)25(31)19-7-4-3-5-8-19/h3-5,7-8,10-13,16,22H,6,9,14-15H2,1-2H3,(H,27,30)/t22-/m0/s1. The van der Waals surface area contributed by atoms with E-state index in [9.17, 15) is 9.59 Å². The summed E-state index contributed by atoms with van der Waals surface area (Å²) in [6, 6.07) is 16.5. The average Bonchev–Trinajstić information content (AvgIpc) is 3.32. The molecule has 0 radical (unpaired) electrons. The molecule has 2 heterocycles. The van der Waals surface area contributed by atoms with Crippen molar-refractivity contribution in [2.75, 3.05) is 13.7 Å². The molecule has 0 bridgehead atoms. The van der Waals surface area contributed by atoms with Crippen molar-refractivity contribution >= 4 is 11.8 Å². The molecule has 0 unspecified atom stereocenters. The van der Waals surface area contributed by atoms with E-state index in [1.165, 1.54) is 0 Å². The van der Waals surface area contributed by atoms with Crippen LogP contribution in [0.3, 0.4) is 0 Å². The van der Waals surface area contributed by atoms with E-state index in [1.54, 1.807) is 20.2 Å². The zero-order chi connectivity index (χ0) is 22.5. The van der Waals surface area contributed by atoms with Gasteiger partial charge in [-0.25, -0.2) is 9.97 Å². The van der Waals surface area contributed by atoms with Crippen LogP contribution < -0.4 is 10.1 Å². The maximum atomic E-state index is 13.1. The number of nitrogens with one attached hydrogen (secondary N) is 1. The molecule has 1 fully saturated rings. The number of amides is 2. The summed E-state index contributed by atoms with van der Waals surface area (Å²) in [4.78, 5) is 36.8. The van der Waals surface area contributed by atoms with E-state index < -0.39 is 0 Å². The molecule has 2 amide bonds. The molecule has 32 heavy (non-hydrogen) atoms. The molecule has 1 aromatic heterocycles. The highest BCUT2D eigenvalue weighted by atomic mass is 16.5. The summed E-state index contributed by atoms with van der Waals surface area (Å²) >= 11 is 0. The Bertz CT molecular complexity index is 1100. The van der Waals surface area contributed by atoms with Gasteiger partial charge in [-0.2, -0.15) is 0 Å². The van der Waals surface area contributed by atoms with Crippen LogP contribution in [-0.2, 0) is 6.54 Å². The normalized spacial score (nSPS) is 15.4. The summed E-state index contributed by atoms with van der Waals surface area (Å²) in [5.41, 5.74) is 2.60. The fraction of sp³-hybridized carbons (Fsp3) is 0.280. The molecule has 7 heteroatoms. The summed E-state index contributed by atoms with van der Waals surface area (Å²) < 4.78 is 5.17. The van der Waals surface area contributed by atoms with Gasteiger partial charge in [0, 0.05) is 24.8 Å². The minimum atomic E-state index is -0.258. The van der Waals surface area contributed by atoms with Gasteiger partial charge < -0.3 is 15.0 Å². The number of carbonyl (C=O) groups excluding carboxylic acids is 2. The number of hydrogen-bond acceptors (Lipinski definition) is 5. The Labute approximate surface area is 187 Å². The number of nitrogens with zero attached hydrogens (tertiary/aromatic N) is 3. The Kier molecular flexibility index (Phi) is 6.44. The molecule has 1 aliphatic heterocycles. The lowest BCUT2D eigenvalue weighted by molar-refractivity contribution is 0.0729. The van der Waals surface area contributed by atoms with Crippen LogP contribution in [0.25, 0.3) is 0 Å². The van der Waals surface area contributed by atoms with Gasteiger partial charge in [0.15, 0.2) is 0 Å². The summed E-state index contributed by atoms with van der Waals surface area (Å²) in [5, 5.41) is 2.95. The van der Waals surface area contributed by atoms with Crippen molar-refractivity contribution in [3.8, 4) is 5.75 Å². The van der Waals surface area contributed by atoms with Crippen LogP contribution in [0.15, 0.2) is 60.8 Å². The Morgan fingerprint density at radius 1 is 1.12 bits per heavy atom. The zero-order valence-corrected chi connectivity index (χ0v) is 18.2. The van der Waals surface area contributed by atoms with Crippen LogP contribution in [0.1, 0.15) is 56.7 Å². The lowest BCUT2D eigenvalue weighted by Crippen LogP contribution is -2.33. The van der Waals surface area contributed by atoms with Gasteiger partial charge in [-0.05, 0) is 49.6 Å². The quantitative estimate of drug-likeness (QED) is 0.645. The molecule has 1 aliphatic rings. The van der Waals surface area contributed by atoms with E-state index in [4.69, 9.17) is 4.74 Å². The van der Waals surface area contributed by atoms with E-state index in [2.05, 4.69) is 15.3 Å². The van der Waals surface area contributed by atoms with Gasteiger partial charge in [-0.1, -0.05) is 30.3 Å². The Balaban J connectivity index is 1.55. The maximum Gasteiger partial charge on any atom is 0.255 e. The van der Waals surface area contributed by atoms with E-state index in [0.29, 0.717) is 35.7 Å². The Morgan fingerprint density at radius 3 is 2.59 bits per heavy atom. The number of methoxy groups -OCH3 is 1. The van der Waals surface area contributed by atoms with E-state index in [0.717, 1.165) is 24.2 Å². The van der Waals surface area contributed by atoms with Gasteiger partial charge in [0.25, 0.3) is 11.8 Å². The van der Waals surface area contributed by atoms with Crippen molar-refractivity contribution in [2.45, 2.75) is 32.4 Å². The van der Waals surface area contributed by atoms with Gasteiger partial charge in [0.1, 0.15) is 11.6 Å². The highest BCUT2D eigenvalue weighted by Gasteiger charge is 2.34. The third kappa shape index (κ3) is 4.61. The Morgan fingerprint density at radius 2 is 1.88 bits per heavy atom. The molecular formula is C25H26N4O3. The van der Waals surface area contributed by atoms with Gasteiger partial charge in [0.2, 0.25) is 0 Å². The van der Waals surface area contributed by atoms with Crippen molar-refractivity contribution in [1.29, 1.82) is 0 Å². The van der Waals surface area contributed by atoms with Crippen LogP contribution in [0.5, 0.6) is 5.75 Å². The SMILES string of the molecule is COc1ccc(CNC(=O)c2cnc(C)nc2[C@@H]2CCCN2C(=O)c2ccccc2)cc1. The molecule has 4 rings (SSSR count). The van der Waals surface area contributed by atoms with Crippen molar-refractivity contribution in [3.63, 3.8) is 0 Å². The van der Waals surface area contributed by atoms with Gasteiger partial charge in [-0.15, -0.1) is 0 Å². The predicted molar refractivity (Wildman–Crippen MR) is 120 cm³/mol. The number of likely N-dealkylation sites (tertiary alicyclic amines) is 1. The number of ether oxygens (including phenoxy) is 1. The third-order valence-corrected chi connectivity index (χ3v) is 5.65. The number of aryl methyl sites for hydroxylation is 1. The summed E-state index contributed by atoms with van der Waals surface area (Å²) in [5.74, 6) is 1.04. The van der Waals surface area contributed by atoms with Crippen LogP contribution in [0.2, 0.25) is 0 Å². The van der Waals surface area contributed by atoms with Gasteiger partial charge >= 0.3 is 0 Å². The molecule has 0 saturated carbocycles. The first-order chi connectivity index (χ1) is 15.6. The molecule has 0 spiro atoms. The minimum Gasteiger partial charge on any atom is -0.497 e. The van der Waals surface area contributed by atoms with Gasteiger partial charge in [0.05, 0.1) is 24.4 Å². The number of benzene rings is 2. The molecule has 1 N–H and O–H groups in total. The highest BCUT2D eigenvalue weighted by molar-refractivity contribution is 5.96. The second kappa shape index (κ2) is 9.60. The minimum absolute atomic E-state index is 0.0473. The number of rotatable bonds is 6. The van der Waals surface area contributed by atoms with Crippen LogP contribution in [0.4, 0.5) is 0 Å². The monoisotopic (exact) mass is 430 g/mol. The molecule has 3 aromatic rings. The average molecular weight is 431 g/mol. The summed E-state index contributed by atoms with van der Waals surface area (Å²) in [7, 11) is 1.62. The zero-order valence-electron chi connectivity index (χ0n) is 18.2. The molecule has 0 aliphatic carbocycles. The molecule has 1 saturated heterocycles. The second-order valence-corrected chi connectivity index (χ2v) is 7.77. The maximum absolute atomic E-state index is 13.1. The molecule has 1 atom stereocenters. The van der Waals surface area contributed by atoms with Crippen LogP contribution in [-0.4, -0.2) is 40.3 Å². The van der Waals surface area contributed by atoms with Crippen molar-refractivity contribution in [2.24, 2.45) is 0 Å². The first-order valence-electron chi connectivity index (χ1n) is 10.7.